The summed E-state index contributed by atoms with van der Waals surface area (Å²) in [6, 6.07) is 11.3. The number of imidazole rings is 1. The number of rotatable bonds is 1. The molecule has 0 atom stereocenters. The summed E-state index contributed by atoms with van der Waals surface area (Å²) >= 11 is 12.3. The molecule has 0 aliphatic rings. The number of hydrogen-bond donors (Lipinski definition) is 1. The molecule has 5 heteroatoms. The lowest BCUT2D eigenvalue weighted by Gasteiger charge is -2.09. The van der Waals surface area contributed by atoms with Gasteiger partial charge in [0.15, 0.2) is 0 Å². The Hall–Kier alpha value is -1.71. The summed E-state index contributed by atoms with van der Waals surface area (Å²) in [5.41, 5.74) is 9.52. The van der Waals surface area contributed by atoms with Crippen LogP contribution in [-0.2, 0) is 0 Å². The molecule has 0 aliphatic carbocycles. The van der Waals surface area contributed by atoms with E-state index in [0.29, 0.717) is 16.0 Å². The molecular weight excluding hydrogens is 281 g/mol. The number of fused-ring (bicyclic) bond motifs is 1. The van der Waals surface area contributed by atoms with E-state index in [1.807, 2.05) is 41.8 Å². The zero-order chi connectivity index (χ0) is 13.6. The van der Waals surface area contributed by atoms with Gasteiger partial charge in [0.1, 0.15) is 0 Å². The maximum absolute atomic E-state index is 6.30. The van der Waals surface area contributed by atoms with Crippen LogP contribution in [-0.4, -0.2) is 9.55 Å². The van der Waals surface area contributed by atoms with Crippen molar-refractivity contribution in [3.05, 3.63) is 52.0 Å². The molecule has 1 heterocycles. The highest BCUT2D eigenvalue weighted by Gasteiger charge is 2.12. The van der Waals surface area contributed by atoms with Crippen molar-refractivity contribution in [3.63, 3.8) is 0 Å². The van der Waals surface area contributed by atoms with Crippen LogP contribution >= 0.6 is 23.2 Å². The SMILES string of the molecule is Cc1ccc(-n2c(N)nc3ccc(Cl)cc32)c(Cl)c1. The number of halogens is 2. The molecule has 0 unspecified atom stereocenters. The van der Waals surface area contributed by atoms with Crippen LogP contribution in [0.3, 0.4) is 0 Å². The number of aryl methyl sites for hydroxylation is 1. The first-order chi connectivity index (χ1) is 9.06. The molecule has 0 saturated heterocycles. The Balaban J connectivity index is 2.35. The minimum atomic E-state index is 0.392. The van der Waals surface area contributed by atoms with Crippen LogP contribution in [0.5, 0.6) is 0 Å². The standard InChI is InChI=1S/C14H11Cl2N3/c1-8-2-5-12(10(16)6-8)19-13-7-9(15)3-4-11(13)18-14(19)17/h2-7H,1H3,(H2,17,18). The highest BCUT2D eigenvalue weighted by molar-refractivity contribution is 6.32. The molecule has 96 valence electrons. The lowest BCUT2D eigenvalue weighted by Crippen LogP contribution is -2.01. The second kappa shape index (κ2) is 4.44. The van der Waals surface area contributed by atoms with E-state index < -0.39 is 0 Å². The van der Waals surface area contributed by atoms with Crippen LogP contribution in [0.4, 0.5) is 5.95 Å². The van der Waals surface area contributed by atoms with E-state index in [9.17, 15) is 0 Å². The van der Waals surface area contributed by atoms with E-state index in [0.717, 1.165) is 22.3 Å². The minimum absolute atomic E-state index is 0.392. The van der Waals surface area contributed by atoms with Gasteiger partial charge in [-0.05, 0) is 42.8 Å². The Morgan fingerprint density at radius 1 is 1.11 bits per heavy atom. The highest BCUT2D eigenvalue weighted by Crippen LogP contribution is 2.30. The fourth-order valence-electron chi connectivity index (χ4n) is 2.11. The van der Waals surface area contributed by atoms with Crippen LogP contribution in [0.2, 0.25) is 10.0 Å². The number of nitrogen functional groups attached to an aromatic ring is 1. The van der Waals surface area contributed by atoms with Crippen LogP contribution in [0.1, 0.15) is 5.56 Å². The molecular formula is C14H11Cl2N3. The van der Waals surface area contributed by atoms with Crippen LogP contribution in [0.15, 0.2) is 36.4 Å². The fourth-order valence-corrected chi connectivity index (χ4v) is 2.60. The maximum Gasteiger partial charge on any atom is 0.205 e. The lowest BCUT2D eigenvalue weighted by molar-refractivity contribution is 1.11. The van der Waals surface area contributed by atoms with Crippen molar-refractivity contribution in [3.8, 4) is 5.69 Å². The fraction of sp³-hybridized carbons (Fsp3) is 0.0714. The molecule has 1 aromatic heterocycles. The van der Waals surface area contributed by atoms with E-state index in [1.165, 1.54) is 0 Å². The molecule has 3 aromatic rings. The summed E-state index contributed by atoms with van der Waals surface area (Å²) in [5.74, 6) is 0.392. The van der Waals surface area contributed by atoms with Crippen LogP contribution in [0, 0.1) is 6.92 Å². The number of benzene rings is 2. The van der Waals surface area contributed by atoms with Crippen molar-refractivity contribution in [1.82, 2.24) is 9.55 Å². The van der Waals surface area contributed by atoms with Crippen molar-refractivity contribution < 1.29 is 0 Å². The number of aromatic nitrogens is 2. The van der Waals surface area contributed by atoms with Gasteiger partial charge in [0, 0.05) is 5.02 Å². The van der Waals surface area contributed by atoms with E-state index in [4.69, 9.17) is 28.9 Å². The monoisotopic (exact) mass is 291 g/mol. The normalized spacial score (nSPS) is 11.1. The number of nitrogens with two attached hydrogens (primary N) is 1. The van der Waals surface area contributed by atoms with Gasteiger partial charge in [0.05, 0.1) is 21.7 Å². The molecule has 0 amide bonds. The summed E-state index contributed by atoms with van der Waals surface area (Å²) in [5, 5.41) is 1.27. The number of nitrogens with zero attached hydrogens (tertiary/aromatic N) is 2. The largest absolute Gasteiger partial charge is 0.369 e. The number of anilines is 1. The predicted octanol–water partition coefficient (Wildman–Crippen LogP) is 4.22. The Bertz CT molecular complexity index is 778. The van der Waals surface area contributed by atoms with Gasteiger partial charge in [-0.1, -0.05) is 29.3 Å². The second-order valence-electron chi connectivity index (χ2n) is 4.39. The smallest absolute Gasteiger partial charge is 0.205 e. The summed E-state index contributed by atoms with van der Waals surface area (Å²) in [4.78, 5) is 4.32. The van der Waals surface area contributed by atoms with Crippen molar-refractivity contribution in [2.24, 2.45) is 0 Å². The average molecular weight is 292 g/mol. The first-order valence-corrected chi connectivity index (χ1v) is 6.52. The van der Waals surface area contributed by atoms with Crippen LogP contribution in [0.25, 0.3) is 16.7 Å². The van der Waals surface area contributed by atoms with Gasteiger partial charge in [0.2, 0.25) is 5.95 Å². The third kappa shape index (κ3) is 2.05. The summed E-state index contributed by atoms with van der Waals surface area (Å²) in [6.45, 7) is 1.99. The Kier molecular flexibility index (Phi) is 2.88. The molecule has 0 radical (unpaired) electrons. The van der Waals surface area contributed by atoms with Crippen LogP contribution < -0.4 is 5.73 Å². The van der Waals surface area contributed by atoms with Gasteiger partial charge >= 0.3 is 0 Å². The summed E-state index contributed by atoms with van der Waals surface area (Å²) in [6.07, 6.45) is 0. The maximum atomic E-state index is 6.30. The lowest BCUT2D eigenvalue weighted by atomic mass is 10.2. The average Bonchev–Trinajstić information content (AvgIpc) is 2.65. The third-order valence-electron chi connectivity index (χ3n) is 2.99. The van der Waals surface area contributed by atoms with E-state index in [-0.39, 0.29) is 0 Å². The molecule has 0 fully saturated rings. The molecule has 0 aliphatic heterocycles. The van der Waals surface area contributed by atoms with Gasteiger partial charge in [-0.3, -0.25) is 4.57 Å². The molecule has 2 aromatic carbocycles. The first-order valence-electron chi connectivity index (χ1n) is 5.76. The summed E-state index contributed by atoms with van der Waals surface area (Å²) in [7, 11) is 0. The Morgan fingerprint density at radius 2 is 1.89 bits per heavy atom. The molecule has 0 bridgehead atoms. The van der Waals surface area contributed by atoms with Gasteiger partial charge in [0.25, 0.3) is 0 Å². The Labute approximate surface area is 120 Å². The van der Waals surface area contributed by atoms with E-state index in [1.54, 1.807) is 6.07 Å². The highest BCUT2D eigenvalue weighted by atomic mass is 35.5. The Morgan fingerprint density at radius 3 is 2.63 bits per heavy atom. The quantitative estimate of drug-likeness (QED) is 0.729. The molecule has 3 nitrogen and oxygen atoms in total. The molecule has 2 N–H and O–H groups in total. The topological polar surface area (TPSA) is 43.8 Å². The first kappa shape index (κ1) is 12.3. The molecule has 19 heavy (non-hydrogen) atoms. The number of hydrogen-bond acceptors (Lipinski definition) is 2. The minimum Gasteiger partial charge on any atom is -0.369 e. The van der Waals surface area contributed by atoms with Crippen molar-refractivity contribution >= 4 is 40.2 Å². The van der Waals surface area contributed by atoms with Crippen molar-refractivity contribution in [1.29, 1.82) is 0 Å². The van der Waals surface area contributed by atoms with Gasteiger partial charge < -0.3 is 5.73 Å². The van der Waals surface area contributed by atoms with Crippen molar-refractivity contribution in [2.45, 2.75) is 6.92 Å². The van der Waals surface area contributed by atoms with Gasteiger partial charge in [-0.2, -0.15) is 0 Å². The molecule has 0 spiro atoms. The zero-order valence-electron chi connectivity index (χ0n) is 10.2. The van der Waals surface area contributed by atoms with Gasteiger partial charge in [-0.25, -0.2) is 4.98 Å². The second-order valence-corrected chi connectivity index (χ2v) is 5.24. The zero-order valence-corrected chi connectivity index (χ0v) is 11.7. The van der Waals surface area contributed by atoms with E-state index in [2.05, 4.69) is 4.98 Å². The third-order valence-corrected chi connectivity index (χ3v) is 3.52. The molecule has 3 rings (SSSR count). The summed E-state index contributed by atoms with van der Waals surface area (Å²) < 4.78 is 1.81. The van der Waals surface area contributed by atoms with E-state index >= 15 is 0 Å². The molecule has 0 saturated carbocycles. The predicted molar refractivity (Wildman–Crippen MR) is 80.2 cm³/mol. The van der Waals surface area contributed by atoms with Crippen molar-refractivity contribution in [2.75, 3.05) is 5.73 Å². The van der Waals surface area contributed by atoms with Gasteiger partial charge in [-0.15, -0.1) is 0 Å².